The van der Waals surface area contributed by atoms with E-state index in [1.165, 1.54) is 18.2 Å². The van der Waals surface area contributed by atoms with Crippen molar-refractivity contribution in [1.82, 2.24) is 0 Å². The molecule has 0 saturated carbocycles. The van der Waals surface area contributed by atoms with Crippen molar-refractivity contribution < 1.29 is 78.0 Å². The summed E-state index contributed by atoms with van der Waals surface area (Å²) in [5, 5.41) is 83.7. The van der Waals surface area contributed by atoms with Gasteiger partial charge in [0.15, 0.2) is 0 Å². The third-order valence-electron chi connectivity index (χ3n) is 7.10. The van der Waals surface area contributed by atoms with E-state index >= 15 is 0 Å². The van der Waals surface area contributed by atoms with Crippen LogP contribution >= 0.6 is 11.6 Å². The predicted molar refractivity (Wildman–Crippen MR) is 180 cm³/mol. The van der Waals surface area contributed by atoms with E-state index in [1.54, 1.807) is 18.2 Å². The molecule has 0 spiro atoms. The molecule has 0 aromatic heterocycles. The molecule has 6 aromatic rings. The van der Waals surface area contributed by atoms with Crippen LogP contribution in [-0.2, 0) is 37.6 Å². The molecule has 6 rings (SSSR count). The minimum absolute atomic E-state index is 0. The fourth-order valence-corrected chi connectivity index (χ4v) is 6.00. The van der Waals surface area contributed by atoms with Gasteiger partial charge in [-0.2, -0.15) is 15.3 Å². The van der Waals surface area contributed by atoms with Crippen LogP contribution in [-0.4, -0.2) is 36.0 Å². The van der Waals surface area contributed by atoms with Gasteiger partial charge in [0.05, 0.1) is 37.5 Å². The van der Waals surface area contributed by atoms with Gasteiger partial charge < -0.3 is 34.6 Å². The number of hydrogen-bond donors (Lipinski definition) is 1. The Morgan fingerprint density at radius 1 is 0.667 bits per heavy atom. The van der Waals surface area contributed by atoms with E-state index in [2.05, 4.69) is 20.5 Å². The number of nitrogens with zero attached hydrogens (tertiary/aromatic N) is 5. The molecule has 0 unspecified atom stereocenters. The van der Waals surface area contributed by atoms with Crippen molar-refractivity contribution in [3.05, 3.63) is 106 Å². The van der Waals surface area contributed by atoms with Crippen LogP contribution in [0, 0.1) is 10.1 Å². The van der Waals surface area contributed by atoms with E-state index in [0.717, 1.165) is 29.7 Å². The summed E-state index contributed by atoms with van der Waals surface area (Å²) in [5.41, 5.74) is -1.65. The van der Waals surface area contributed by atoms with Crippen LogP contribution in [0.2, 0.25) is 5.02 Å². The second-order valence-corrected chi connectivity index (χ2v) is 13.7. The fourth-order valence-electron chi connectivity index (χ4n) is 4.67. The first-order chi connectivity index (χ1) is 24.8. The van der Waals surface area contributed by atoms with Crippen molar-refractivity contribution in [2.75, 3.05) is 0 Å². The molecule has 0 aliphatic heterocycles. The minimum atomic E-state index is -5.35. The molecule has 1 N–H and O–H groups in total. The Morgan fingerprint density at radius 3 is 1.96 bits per heavy atom. The number of phenolic OH excluding ortho intramolecular Hbond substituents is 1. The number of benzene rings is 6. The largest absolute Gasteiger partial charge is 3.00 e. The van der Waals surface area contributed by atoms with Gasteiger partial charge in [0, 0.05) is 27.9 Å². The molecule has 275 valence electrons. The summed E-state index contributed by atoms with van der Waals surface area (Å²) in [7, 11) is -10.4. The first-order valence-electron chi connectivity index (χ1n) is 14.2. The number of azo groups is 2. The van der Waals surface area contributed by atoms with Gasteiger partial charge in [0.2, 0.25) is 0 Å². The van der Waals surface area contributed by atoms with E-state index in [0.29, 0.717) is 23.6 Å². The number of rotatable bonds is 7. The number of fused-ring (bicyclic) bond motifs is 2. The molecular formula is C32H19ClCrN5O13S2. The second-order valence-electron chi connectivity index (χ2n) is 10.6. The predicted octanol–water partition coefficient (Wildman–Crippen LogP) is 5.22. The standard InChI is InChI=1S/C16H11ClN2O9S2.C16H11N3O4.Cr/c17-8-1-2-11(20)10(5-8)18-19-15-13(30(26,27)28)4-7-3-9(29(23,24)25)6-12(21)14(7)16(15)22;20-14-8-5-10-3-1-2-4-12(10)16(14)18-17-13-7-6-11(19(22)23)9-15(13)21;/h1-6,20-22H,(H,23,24,25)(H,26,27,28);1-9,20-21H;/q;;+3/p-3. The summed E-state index contributed by atoms with van der Waals surface area (Å²) < 4.78 is 68.4. The SMILES string of the molecule is O=S(=O)([O-])c1cc(O)c2c([O-])c(N=Nc3cc(Cl)ccc3[O-])c(S(=O)(=O)[O-])cc2c1.O=[N+]([O-])c1ccc(N=Nc2c([O-])ccc3ccccc23)c([O-])c1.[Cr+3].[H+].[H+].[H+]. The fraction of sp³-hybridized carbons (Fsp3) is 0. The van der Waals surface area contributed by atoms with Crippen LogP contribution in [0.3, 0.4) is 0 Å². The van der Waals surface area contributed by atoms with Crippen LogP contribution in [0.5, 0.6) is 28.7 Å². The minimum Gasteiger partial charge on any atom is -0.871 e. The van der Waals surface area contributed by atoms with Crippen molar-refractivity contribution in [2.24, 2.45) is 20.5 Å². The Labute approximate surface area is 323 Å². The van der Waals surface area contributed by atoms with Crippen LogP contribution in [0.1, 0.15) is 4.28 Å². The van der Waals surface area contributed by atoms with Crippen molar-refractivity contribution in [3.8, 4) is 28.7 Å². The van der Waals surface area contributed by atoms with Crippen molar-refractivity contribution in [3.63, 3.8) is 0 Å². The van der Waals surface area contributed by atoms with E-state index in [4.69, 9.17) is 11.6 Å². The van der Waals surface area contributed by atoms with Gasteiger partial charge in [0.1, 0.15) is 26.0 Å². The van der Waals surface area contributed by atoms with Gasteiger partial charge in [-0.25, -0.2) is 16.8 Å². The third kappa shape index (κ3) is 8.99. The molecule has 0 bridgehead atoms. The summed E-state index contributed by atoms with van der Waals surface area (Å²) in [4.78, 5) is 7.79. The van der Waals surface area contributed by atoms with Gasteiger partial charge >= 0.3 is 21.6 Å². The number of halogens is 1. The molecular weight excluding hydrogens is 814 g/mol. The molecule has 18 nitrogen and oxygen atoms in total. The smallest absolute Gasteiger partial charge is 0.871 e. The molecule has 0 aliphatic carbocycles. The van der Waals surface area contributed by atoms with Gasteiger partial charge in [0.25, 0.3) is 5.69 Å². The molecule has 0 heterocycles. The zero-order valence-electron chi connectivity index (χ0n) is 29.3. The van der Waals surface area contributed by atoms with Crippen LogP contribution < -0.4 is 20.4 Å². The maximum absolute atomic E-state index is 12.7. The maximum atomic E-state index is 12.7. The van der Waals surface area contributed by atoms with E-state index in [9.17, 15) is 61.6 Å². The maximum Gasteiger partial charge on any atom is 3.00 e. The second kappa shape index (κ2) is 16.0. The molecule has 0 amide bonds. The van der Waals surface area contributed by atoms with Crippen molar-refractivity contribution in [1.29, 1.82) is 0 Å². The quantitative estimate of drug-likeness (QED) is 0.0935. The average molecular weight is 833 g/mol. The normalized spacial score (nSPS) is 11.8. The Bertz CT molecular complexity index is 2770. The van der Waals surface area contributed by atoms with Crippen molar-refractivity contribution >= 4 is 81.8 Å². The first kappa shape index (κ1) is 40.8. The van der Waals surface area contributed by atoms with Gasteiger partial charge in [-0.1, -0.05) is 77.1 Å². The van der Waals surface area contributed by atoms with Crippen LogP contribution in [0.4, 0.5) is 28.4 Å². The van der Waals surface area contributed by atoms with Gasteiger partial charge in [-0.3, -0.25) is 10.1 Å². The first-order valence-corrected chi connectivity index (χ1v) is 17.4. The summed E-state index contributed by atoms with van der Waals surface area (Å²) in [5.74, 6) is -3.88. The van der Waals surface area contributed by atoms with Gasteiger partial charge in [-0.15, -0.1) is 5.11 Å². The van der Waals surface area contributed by atoms with E-state index in [-0.39, 0.29) is 55.2 Å². The number of nitro benzene ring substituents is 1. The number of aromatic hydroxyl groups is 1. The number of nitro groups is 1. The number of phenols is 1. The van der Waals surface area contributed by atoms with E-state index < -0.39 is 74.4 Å². The Hall–Kier alpha value is -5.92. The molecule has 1 radical (unpaired) electrons. The topological polar surface area (TPSA) is 319 Å². The molecule has 54 heavy (non-hydrogen) atoms. The summed E-state index contributed by atoms with van der Waals surface area (Å²) in [6, 6.07) is 18.5. The van der Waals surface area contributed by atoms with Gasteiger partial charge in [-0.05, 0) is 47.2 Å². The Morgan fingerprint density at radius 2 is 1.31 bits per heavy atom. The summed E-state index contributed by atoms with van der Waals surface area (Å²) in [6.07, 6.45) is 0. The molecule has 0 saturated heterocycles. The molecule has 0 atom stereocenters. The Kier molecular flexibility index (Phi) is 12.1. The summed E-state index contributed by atoms with van der Waals surface area (Å²) >= 11 is 5.73. The third-order valence-corrected chi connectivity index (χ3v) is 8.99. The zero-order valence-corrected chi connectivity index (χ0v) is 30.0. The molecule has 0 fully saturated rings. The Balaban J connectivity index is 0.000000547. The zero-order chi connectivity index (χ0) is 38.8. The number of non-ortho nitro benzene ring substituents is 1. The monoisotopic (exact) mass is 832 g/mol. The average Bonchev–Trinajstić information content (AvgIpc) is 3.08. The summed E-state index contributed by atoms with van der Waals surface area (Å²) in [6.45, 7) is 0. The van der Waals surface area contributed by atoms with E-state index in [1.807, 2.05) is 12.1 Å². The molecule has 6 aromatic carbocycles. The molecule has 22 heteroatoms. The number of hydrogen-bond acceptors (Lipinski definition) is 17. The van der Waals surface area contributed by atoms with Crippen molar-refractivity contribution in [2.45, 2.75) is 9.79 Å². The van der Waals surface area contributed by atoms with Crippen LogP contribution in [0.25, 0.3) is 21.5 Å². The van der Waals surface area contributed by atoms with Crippen LogP contribution in [0.15, 0.2) is 121 Å². The molecule has 0 aliphatic rings.